The van der Waals surface area contributed by atoms with Crippen LogP contribution < -0.4 is 5.32 Å². The van der Waals surface area contributed by atoms with Crippen molar-refractivity contribution in [2.45, 2.75) is 26.8 Å². The minimum atomic E-state index is -1.25. The number of aliphatic carboxylic acids is 1. The number of carbonyl (C=O) groups is 1. The van der Waals surface area contributed by atoms with Crippen LogP contribution in [0.3, 0.4) is 0 Å². The van der Waals surface area contributed by atoms with Crippen LogP contribution in [0.4, 0.5) is 5.69 Å². The SMILES string of the molecule is C=C(/C=C(C(=O)O)\C(O)=C/C)c1ccc(NC(C)C)c(C#N)c1. The van der Waals surface area contributed by atoms with Gasteiger partial charge in [-0.3, -0.25) is 0 Å². The summed E-state index contributed by atoms with van der Waals surface area (Å²) in [6.07, 6.45) is 2.58. The standard InChI is InChI=1S/C18H20N2O3/c1-5-17(21)15(18(22)23)8-12(4)13-6-7-16(20-11(2)3)14(9-13)10-19/h5-9,11,20-21H,4H2,1-3H3,(H,22,23)/b15-8+,17-5+. The number of benzene rings is 1. The predicted molar refractivity (Wildman–Crippen MR) is 91.1 cm³/mol. The van der Waals surface area contributed by atoms with E-state index < -0.39 is 5.97 Å². The van der Waals surface area contributed by atoms with Gasteiger partial charge < -0.3 is 15.5 Å². The molecule has 0 atom stereocenters. The Bertz CT molecular complexity index is 722. The fourth-order valence-corrected chi connectivity index (χ4v) is 1.93. The lowest BCUT2D eigenvalue weighted by Gasteiger charge is -2.13. The maximum atomic E-state index is 11.2. The number of carboxylic acids is 1. The van der Waals surface area contributed by atoms with Gasteiger partial charge in [0.15, 0.2) is 0 Å². The maximum Gasteiger partial charge on any atom is 0.339 e. The largest absolute Gasteiger partial charge is 0.507 e. The van der Waals surface area contributed by atoms with Gasteiger partial charge in [-0.05, 0) is 56.2 Å². The number of aliphatic hydroxyl groups excluding tert-OH is 1. The summed E-state index contributed by atoms with van der Waals surface area (Å²) in [5, 5.41) is 31.2. The molecule has 5 nitrogen and oxygen atoms in total. The van der Waals surface area contributed by atoms with Gasteiger partial charge in [0.2, 0.25) is 0 Å². The van der Waals surface area contributed by atoms with E-state index in [1.807, 2.05) is 13.8 Å². The third-order valence-electron chi connectivity index (χ3n) is 3.05. The van der Waals surface area contributed by atoms with Crippen LogP contribution in [-0.4, -0.2) is 22.2 Å². The van der Waals surface area contributed by atoms with Crippen molar-refractivity contribution < 1.29 is 15.0 Å². The lowest BCUT2D eigenvalue weighted by atomic mass is 10.0. The summed E-state index contributed by atoms with van der Waals surface area (Å²) in [7, 11) is 0. The van der Waals surface area contributed by atoms with Crippen molar-refractivity contribution in [3.05, 3.63) is 59.4 Å². The summed E-state index contributed by atoms with van der Waals surface area (Å²) in [5.41, 5.74) is 1.90. The van der Waals surface area contributed by atoms with Crippen LogP contribution in [0, 0.1) is 11.3 Å². The Morgan fingerprint density at radius 2 is 2.04 bits per heavy atom. The molecule has 23 heavy (non-hydrogen) atoms. The number of allylic oxidation sites excluding steroid dienone is 3. The minimum absolute atomic E-state index is 0.182. The second kappa shape index (κ2) is 7.85. The van der Waals surface area contributed by atoms with Crippen molar-refractivity contribution in [2.75, 3.05) is 5.32 Å². The lowest BCUT2D eigenvalue weighted by molar-refractivity contribution is -0.132. The average molecular weight is 312 g/mol. The van der Waals surface area contributed by atoms with Crippen molar-refractivity contribution >= 4 is 17.2 Å². The van der Waals surface area contributed by atoms with Crippen LogP contribution >= 0.6 is 0 Å². The van der Waals surface area contributed by atoms with Gasteiger partial charge in [0.1, 0.15) is 17.4 Å². The van der Waals surface area contributed by atoms with E-state index in [9.17, 15) is 15.2 Å². The number of nitrogens with zero attached hydrogens (tertiary/aromatic N) is 1. The second-order valence-corrected chi connectivity index (χ2v) is 5.23. The number of nitriles is 1. The van der Waals surface area contributed by atoms with Crippen molar-refractivity contribution in [3.8, 4) is 6.07 Å². The quantitative estimate of drug-likeness (QED) is 0.421. The summed E-state index contributed by atoms with van der Waals surface area (Å²) in [6, 6.07) is 7.42. The smallest absolute Gasteiger partial charge is 0.339 e. The minimum Gasteiger partial charge on any atom is -0.507 e. The molecule has 0 unspecified atom stereocenters. The third-order valence-corrected chi connectivity index (χ3v) is 3.05. The lowest BCUT2D eigenvalue weighted by Crippen LogP contribution is -2.11. The van der Waals surface area contributed by atoms with Crippen LogP contribution in [0.15, 0.2) is 48.3 Å². The zero-order valence-electron chi connectivity index (χ0n) is 13.4. The molecular weight excluding hydrogens is 292 g/mol. The summed E-state index contributed by atoms with van der Waals surface area (Å²) < 4.78 is 0. The first-order valence-corrected chi connectivity index (χ1v) is 7.10. The molecule has 0 amide bonds. The second-order valence-electron chi connectivity index (χ2n) is 5.23. The average Bonchev–Trinajstić information content (AvgIpc) is 2.51. The highest BCUT2D eigenvalue weighted by atomic mass is 16.4. The zero-order valence-corrected chi connectivity index (χ0v) is 13.4. The predicted octanol–water partition coefficient (Wildman–Crippen LogP) is 3.86. The molecule has 0 radical (unpaired) electrons. The third kappa shape index (κ3) is 4.75. The molecule has 0 aliphatic heterocycles. The van der Waals surface area contributed by atoms with Crippen LogP contribution in [0.2, 0.25) is 0 Å². The highest BCUT2D eigenvalue weighted by Gasteiger charge is 2.13. The molecule has 5 heteroatoms. The van der Waals surface area contributed by atoms with Crippen LogP contribution in [0.5, 0.6) is 0 Å². The number of rotatable bonds is 6. The van der Waals surface area contributed by atoms with Crippen LogP contribution in [0.25, 0.3) is 5.57 Å². The molecule has 120 valence electrons. The Balaban J connectivity index is 3.24. The van der Waals surface area contributed by atoms with Gasteiger partial charge in [-0.2, -0.15) is 5.26 Å². The molecule has 1 aromatic rings. The molecule has 0 heterocycles. The Hall–Kier alpha value is -3.00. The molecule has 1 aromatic carbocycles. The van der Waals surface area contributed by atoms with Gasteiger partial charge in [-0.15, -0.1) is 0 Å². The molecule has 0 spiro atoms. The van der Waals surface area contributed by atoms with E-state index in [1.165, 1.54) is 19.1 Å². The van der Waals surface area contributed by atoms with Crippen LogP contribution in [-0.2, 0) is 4.79 Å². The number of hydrogen-bond acceptors (Lipinski definition) is 4. The van der Waals surface area contributed by atoms with Crippen molar-refractivity contribution in [1.29, 1.82) is 5.26 Å². The molecule has 0 aliphatic carbocycles. The van der Waals surface area contributed by atoms with Gasteiger partial charge in [0, 0.05) is 6.04 Å². The topological polar surface area (TPSA) is 93.3 Å². The molecule has 0 bridgehead atoms. The summed E-state index contributed by atoms with van der Waals surface area (Å²) >= 11 is 0. The number of hydrogen-bond donors (Lipinski definition) is 3. The molecule has 0 fully saturated rings. The Morgan fingerprint density at radius 3 is 2.52 bits per heavy atom. The van der Waals surface area contributed by atoms with E-state index in [4.69, 9.17) is 5.11 Å². The van der Waals surface area contributed by atoms with Crippen molar-refractivity contribution in [2.24, 2.45) is 0 Å². The summed E-state index contributed by atoms with van der Waals surface area (Å²) in [5.74, 6) is -1.59. The first-order valence-electron chi connectivity index (χ1n) is 7.10. The first-order chi connectivity index (χ1) is 10.8. The molecule has 0 aliphatic rings. The van der Waals surface area contributed by atoms with Gasteiger partial charge in [-0.25, -0.2) is 4.79 Å². The zero-order chi connectivity index (χ0) is 17.6. The first kappa shape index (κ1) is 18.1. The molecule has 0 saturated heterocycles. The fraction of sp³-hybridized carbons (Fsp3) is 0.222. The fourth-order valence-electron chi connectivity index (χ4n) is 1.93. The number of aliphatic hydroxyl groups is 1. The van der Waals surface area contributed by atoms with Crippen LogP contribution in [0.1, 0.15) is 31.9 Å². The van der Waals surface area contributed by atoms with Gasteiger partial charge >= 0.3 is 5.97 Å². The van der Waals surface area contributed by atoms with Gasteiger partial charge in [-0.1, -0.05) is 12.6 Å². The molecule has 0 saturated carbocycles. The summed E-state index contributed by atoms with van der Waals surface area (Å²) in [4.78, 5) is 11.2. The number of nitrogens with one attached hydrogen (secondary N) is 1. The Morgan fingerprint density at radius 1 is 1.39 bits per heavy atom. The van der Waals surface area contributed by atoms with E-state index in [0.29, 0.717) is 22.4 Å². The highest BCUT2D eigenvalue weighted by molar-refractivity contribution is 5.94. The van der Waals surface area contributed by atoms with E-state index in [2.05, 4.69) is 18.0 Å². The molecule has 1 rings (SSSR count). The normalized spacial score (nSPS) is 12.0. The number of anilines is 1. The van der Waals surface area contributed by atoms with Gasteiger partial charge in [0.25, 0.3) is 0 Å². The van der Waals surface area contributed by atoms with Crippen molar-refractivity contribution in [3.63, 3.8) is 0 Å². The summed E-state index contributed by atoms with van der Waals surface area (Å²) in [6.45, 7) is 9.29. The molecule has 0 aromatic heterocycles. The van der Waals surface area contributed by atoms with E-state index in [0.717, 1.165) is 0 Å². The molecular formula is C18H20N2O3. The Kier molecular flexibility index (Phi) is 6.16. The molecule has 3 N–H and O–H groups in total. The van der Waals surface area contributed by atoms with E-state index in [1.54, 1.807) is 18.2 Å². The van der Waals surface area contributed by atoms with E-state index >= 15 is 0 Å². The monoisotopic (exact) mass is 312 g/mol. The van der Waals surface area contributed by atoms with E-state index in [-0.39, 0.29) is 17.4 Å². The highest BCUT2D eigenvalue weighted by Crippen LogP contribution is 2.24. The number of carboxylic acid groups (broad SMARTS) is 1. The Labute approximate surface area is 135 Å². The van der Waals surface area contributed by atoms with Crippen molar-refractivity contribution in [1.82, 2.24) is 0 Å². The maximum absolute atomic E-state index is 11.2. The van der Waals surface area contributed by atoms with Gasteiger partial charge in [0.05, 0.1) is 11.3 Å².